The first-order valence-electron chi connectivity index (χ1n) is 6.32. The number of hydrogen-bond acceptors (Lipinski definition) is 1. The number of piperidine rings is 1. The van der Waals surface area contributed by atoms with Gasteiger partial charge in [-0.1, -0.05) is 36.3 Å². The molecule has 1 aliphatic rings. The van der Waals surface area contributed by atoms with Crippen LogP contribution < -0.4 is 5.32 Å². The predicted octanol–water partition coefficient (Wildman–Crippen LogP) is 2.21. The maximum absolute atomic E-state index is 11.7. The number of terminal acetylenes is 1. The molecule has 2 amide bonds. The van der Waals surface area contributed by atoms with E-state index in [1.807, 2.05) is 11.0 Å². The Morgan fingerprint density at radius 3 is 2.61 bits per heavy atom. The van der Waals surface area contributed by atoms with Crippen molar-refractivity contribution in [2.75, 3.05) is 19.6 Å². The van der Waals surface area contributed by atoms with E-state index in [1.165, 1.54) is 5.56 Å². The van der Waals surface area contributed by atoms with E-state index < -0.39 is 0 Å². The van der Waals surface area contributed by atoms with Gasteiger partial charge in [-0.05, 0) is 24.3 Å². The Bertz CT molecular complexity index is 428. The van der Waals surface area contributed by atoms with Gasteiger partial charge in [0, 0.05) is 13.1 Å². The third kappa shape index (κ3) is 3.04. The van der Waals surface area contributed by atoms with Crippen molar-refractivity contribution >= 4 is 6.03 Å². The lowest BCUT2D eigenvalue weighted by Crippen LogP contribution is -2.44. The lowest BCUT2D eigenvalue weighted by Gasteiger charge is -2.32. The topological polar surface area (TPSA) is 32.3 Å². The Kier molecular flexibility index (Phi) is 4.25. The minimum atomic E-state index is -0.0422. The zero-order valence-electron chi connectivity index (χ0n) is 10.4. The first kappa shape index (κ1) is 12.5. The quantitative estimate of drug-likeness (QED) is 0.792. The van der Waals surface area contributed by atoms with Crippen molar-refractivity contribution in [2.45, 2.75) is 18.8 Å². The molecule has 1 N–H and O–H groups in total. The highest BCUT2D eigenvalue weighted by molar-refractivity contribution is 5.74. The third-order valence-corrected chi connectivity index (χ3v) is 3.39. The Labute approximate surface area is 108 Å². The molecular formula is C15H18N2O. The minimum Gasteiger partial charge on any atom is -0.327 e. The van der Waals surface area contributed by atoms with Gasteiger partial charge in [0.2, 0.25) is 0 Å². The summed E-state index contributed by atoms with van der Waals surface area (Å²) >= 11 is 0. The van der Waals surface area contributed by atoms with Crippen LogP contribution >= 0.6 is 0 Å². The summed E-state index contributed by atoms with van der Waals surface area (Å²) in [6.07, 6.45) is 7.16. The molecule has 0 atom stereocenters. The van der Waals surface area contributed by atoms with Crippen molar-refractivity contribution in [1.29, 1.82) is 0 Å². The highest BCUT2D eigenvalue weighted by Gasteiger charge is 2.23. The van der Waals surface area contributed by atoms with Crippen LogP contribution in [0.2, 0.25) is 0 Å². The monoisotopic (exact) mass is 242 g/mol. The standard InChI is InChI=1S/C15H18N2O/c1-2-10-16-15(18)17-11-8-14(9-12-17)13-6-4-3-5-7-13/h1,3-7,14H,8-12H2,(H,16,18). The lowest BCUT2D eigenvalue weighted by atomic mass is 9.90. The minimum absolute atomic E-state index is 0.0422. The van der Waals surface area contributed by atoms with Crippen molar-refractivity contribution in [2.24, 2.45) is 0 Å². The van der Waals surface area contributed by atoms with Gasteiger partial charge in [-0.2, -0.15) is 0 Å². The number of carbonyl (C=O) groups excluding carboxylic acids is 1. The third-order valence-electron chi connectivity index (χ3n) is 3.39. The molecule has 94 valence electrons. The summed E-state index contributed by atoms with van der Waals surface area (Å²) in [6, 6.07) is 10.5. The SMILES string of the molecule is C#CCNC(=O)N1CCC(c2ccccc2)CC1. The van der Waals surface area contributed by atoms with Crippen LogP contribution in [0.3, 0.4) is 0 Å². The number of likely N-dealkylation sites (tertiary alicyclic amines) is 1. The molecule has 18 heavy (non-hydrogen) atoms. The molecule has 0 unspecified atom stereocenters. The first-order valence-corrected chi connectivity index (χ1v) is 6.32. The number of carbonyl (C=O) groups is 1. The van der Waals surface area contributed by atoms with E-state index in [0.717, 1.165) is 25.9 Å². The molecule has 3 nitrogen and oxygen atoms in total. The fourth-order valence-corrected chi connectivity index (χ4v) is 2.38. The average Bonchev–Trinajstić information content (AvgIpc) is 2.46. The number of nitrogens with one attached hydrogen (secondary N) is 1. The molecule has 0 saturated carbocycles. The predicted molar refractivity (Wildman–Crippen MR) is 72.2 cm³/mol. The van der Waals surface area contributed by atoms with Crippen LogP contribution in [0.5, 0.6) is 0 Å². The van der Waals surface area contributed by atoms with Gasteiger partial charge in [-0.25, -0.2) is 4.79 Å². The average molecular weight is 242 g/mol. The van der Waals surface area contributed by atoms with E-state index in [9.17, 15) is 4.79 Å². The maximum atomic E-state index is 11.7. The molecule has 0 radical (unpaired) electrons. The van der Waals surface area contributed by atoms with Gasteiger partial charge in [0.15, 0.2) is 0 Å². The second-order valence-corrected chi connectivity index (χ2v) is 4.53. The molecule has 0 bridgehead atoms. The summed E-state index contributed by atoms with van der Waals surface area (Å²) in [5, 5.41) is 2.71. The Balaban J connectivity index is 1.85. The highest BCUT2D eigenvalue weighted by atomic mass is 16.2. The Morgan fingerprint density at radius 2 is 2.00 bits per heavy atom. The fourth-order valence-electron chi connectivity index (χ4n) is 2.38. The fraction of sp³-hybridized carbons (Fsp3) is 0.400. The zero-order valence-corrected chi connectivity index (χ0v) is 10.4. The van der Waals surface area contributed by atoms with Crippen LogP contribution in [0, 0.1) is 12.3 Å². The number of amides is 2. The molecule has 0 aliphatic carbocycles. The van der Waals surface area contributed by atoms with E-state index in [0.29, 0.717) is 12.5 Å². The molecule has 0 spiro atoms. The van der Waals surface area contributed by atoms with Crippen LogP contribution in [-0.4, -0.2) is 30.6 Å². The van der Waals surface area contributed by atoms with Crippen LogP contribution in [-0.2, 0) is 0 Å². The largest absolute Gasteiger partial charge is 0.327 e. The zero-order chi connectivity index (χ0) is 12.8. The van der Waals surface area contributed by atoms with E-state index in [1.54, 1.807) is 0 Å². The van der Waals surface area contributed by atoms with Crippen molar-refractivity contribution in [3.8, 4) is 12.3 Å². The van der Waals surface area contributed by atoms with E-state index in [2.05, 4.69) is 35.5 Å². The van der Waals surface area contributed by atoms with Gasteiger partial charge in [0.1, 0.15) is 0 Å². The molecule has 1 heterocycles. The van der Waals surface area contributed by atoms with Gasteiger partial charge < -0.3 is 10.2 Å². The smallest absolute Gasteiger partial charge is 0.318 e. The molecule has 2 rings (SSSR count). The van der Waals surface area contributed by atoms with Crippen LogP contribution in [0.4, 0.5) is 4.79 Å². The van der Waals surface area contributed by atoms with Gasteiger partial charge in [-0.3, -0.25) is 0 Å². The second-order valence-electron chi connectivity index (χ2n) is 4.53. The number of hydrogen-bond donors (Lipinski definition) is 1. The van der Waals surface area contributed by atoms with E-state index in [-0.39, 0.29) is 6.03 Å². The normalized spacial score (nSPS) is 16.1. The Hall–Kier alpha value is -1.95. The molecule has 1 fully saturated rings. The highest BCUT2D eigenvalue weighted by Crippen LogP contribution is 2.27. The van der Waals surface area contributed by atoms with Crippen LogP contribution in [0.15, 0.2) is 30.3 Å². The summed E-state index contributed by atoms with van der Waals surface area (Å²) in [6.45, 7) is 1.91. The van der Waals surface area contributed by atoms with Crippen LogP contribution in [0.1, 0.15) is 24.3 Å². The van der Waals surface area contributed by atoms with Crippen molar-refractivity contribution < 1.29 is 4.79 Å². The van der Waals surface area contributed by atoms with E-state index in [4.69, 9.17) is 6.42 Å². The van der Waals surface area contributed by atoms with Crippen molar-refractivity contribution in [1.82, 2.24) is 10.2 Å². The lowest BCUT2D eigenvalue weighted by molar-refractivity contribution is 0.182. The number of nitrogens with zero attached hydrogens (tertiary/aromatic N) is 1. The number of rotatable bonds is 2. The second kappa shape index (κ2) is 6.11. The maximum Gasteiger partial charge on any atom is 0.318 e. The molecule has 0 aromatic heterocycles. The van der Waals surface area contributed by atoms with Gasteiger partial charge in [-0.15, -0.1) is 6.42 Å². The molecular weight excluding hydrogens is 224 g/mol. The summed E-state index contributed by atoms with van der Waals surface area (Å²) in [5.74, 6) is 2.99. The molecule has 1 saturated heterocycles. The van der Waals surface area contributed by atoms with Crippen molar-refractivity contribution in [3.05, 3.63) is 35.9 Å². The summed E-state index contributed by atoms with van der Waals surface area (Å²) in [7, 11) is 0. The molecule has 3 heteroatoms. The molecule has 1 aromatic carbocycles. The molecule has 1 aliphatic heterocycles. The Morgan fingerprint density at radius 1 is 1.33 bits per heavy atom. The summed E-state index contributed by atoms with van der Waals surface area (Å²) in [4.78, 5) is 13.6. The van der Waals surface area contributed by atoms with Gasteiger partial charge >= 0.3 is 6.03 Å². The number of benzene rings is 1. The summed E-state index contributed by atoms with van der Waals surface area (Å²) < 4.78 is 0. The van der Waals surface area contributed by atoms with E-state index >= 15 is 0 Å². The molecule has 1 aromatic rings. The van der Waals surface area contributed by atoms with Crippen LogP contribution in [0.25, 0.3) is 0 Å². The summed E-state index contributed by atoms with van der Waals surface area (Å²) in [5.41, 5.74) is 1.38. The van der Waals surface area contributed by atoms with Crippen molar-refractivity contribution in [3.63, 3.8) is 0 Å². The first-order chi connectivity index (χ1) is 8.81. The van der Waals surface area contributed by atoms with Gasteiger partial charge in [0.05, 0.1) is 6.54 Å². The number of urea groups is 1. The van der Waals surface area contributed by atoms with Gasteiger partial charge in [0.25, 0.3) is 0 Å².